The third kappa shape index (κ3) is 2.85. The van der Waals surface area contributed by atoms with Gasteiger partial charge in [-0.1, -0.05) is 54.6 Å². The lowest BCUT2D eigenvalue weighted by atomic mass is 10.0. The number of hydrogen-bond donors (Lipinski definition) is 0. The SMILES string of the molecule is O=C1c2ccccc2C(=O)N1CC(=O)N1c2ccccc2OCC1c1ccccc1. The zero-order valence-electron chi connectivity index (χ0n) is 16.0. The van der Waals surface area contributed by atoms with E-state index < -0.39 is 11.8 Å². The van der Waals surface area contributed by atoms with Gasteiger partial charge in [0.1, 0.15) is 18.9 Å². The molecule has 6 nitrogen and oxygen atoms in total. The van der Waals surface area contributed by atoms with Crippen LogP contribution >= 0.6 is 0 Å². The molecule has 3 aromatic carbocycles. The van der Waals surface area contributed by atoms with Crippen LogP contribution in [0.5, 0.6) is 5.75 Å². The smallest absolute Gasteiger partial charge is 0.262 e. The Bertz CT molecular complexity index is 1120. The van der Waals surface area contributed by atoms with E-state index in [0.717, 1.165) is 10.5 Å². The van der Waals surface area contributed by atoms with Gasteiger partial charge in [0.2, 0.25) is 5.91 Å². The summed E-state index contributed by atoms with van der Waals surface area (Å²) in [4.78, 5) is 41.6. The van der Waals surface area contributed by atoms with E-state index in [0.29, 0.717) is 22.6 Å². The fourth-order valence-electron chi connectivity index (χ4n) is 4.01. The van der Waals surface area contributed by atoms with Crippen LogP contribution in [0.25, 0.3) is 0 Å². The lowest BCUT2D eigenvalue weighted by Crippen LogP contribution is -2.47. The highest BCUT2D eigenvalue weighted by atomic mass is 16.5. The predicted octanol–water partition coefficient (Wildman–Crippen LogP) is 3.45. The van der Waals surface area contributed by atoms with Gasteiger partial charge in [-0.25, -0.2) is 0 Å². The van der Waals surface area contributed by atoms with Crippen LogP contribution in [-0.4, -0.2) is 35.8 Å². The zero-order valence-corrected chi connectivity index (χ0v) is 16.0. The molecule has 0 spiro atoms. The van der Waals surface area contributed by atoms with E-state index in [9.17, 15) is 14.4 Å². The number of carbonyl (C=O) groups excluding carboxylic acids is 3. The quantitative estimate of drug-likeness (QED) is 0.634. The van der Waals surface area contributed by atoms with Crippen molar-refractivity contribution >= 4 is 23.4 Å². The summed E-state index contributed by atoms with van der Waals surface area (Å²) in [6.45, 7) is -0.0428. The fourth-order valence-corrected chi connectivity index (χ4v) is 4.01. The lowest BCUT2D eigenvalue weighted by molar-refractivity contribution is -0.119. The first-order chi connectivity index (χ1) is 14.6. The van der Waals surface area contributed by atoms with Gasteiger partial charge in [0, 0.05) is 0 Å². The molecule has 1 unspecified atom stereocenters. The molecule has 0 saturated heterocycles. The van der Waals surface area contributed by atoms with Crippen LogP contribution in [0, 0.1) is 0 Å². The molecule has 148 valence electrons. The fraction of sp³-hybridized carbons (Fsp3) is 0.125. The number of hydrogen-bond acceptors (Lipinski definition) is 4. The molecule has 1 atom stereocenters. The minimum absolute atomic E-state index is 0.287. The van der Waals surface area contributed by atoms with E-state index in [2.05, 4.69) is 0 Å². The van der Waals surface area contributed by atoms with Gasteiger partial charge in [0.25, 0.3) is 11.8 Å². The summed E-state index contributed by atoms with van der Waals surface area (Å²) < 4.78 is 5.89. The minimum Gasteiger partial charge on any atom is -0.489 e. The van der Waals surface area contributed by atoms with Crippen molar-refractivity contribution in [3.63, 3.8) is 0 Å². The Labute approximate surface area is 173 Å². The van der Waals surface area contributed by atoms with Crippen LogP contribution in [0.4, 0.5) is 5.69 Å². The third-order valence-electron chi connectivity index (χ3n) is 5.46. The molecular weight excluding hydrogens is 380 g/mol. The van der Waals surface area contributed by atoms with Crippen LogP contribution in [0.3, 0.4) is 0 Å². The first-order valence-electron chi connectivity index (χ1n) is 9.69. The van der Waals surface area contributed by atoms with E-state index in [-0.39, 0.29) is 25.1 Å². The maximum Gasteiger partial charge on any atom is 0.262 e. The highest BCUT2D eigenvalue weighted by Gasteiger charge is 2.40. The van der Waals surface area contributed by atoms with Gasteiger partial charge in [0.05, 0.1) is 22.9 Å². The number of para-hydroxylation sites is 2. The third-order valence-corrected chi connectivity index (χ3v) is 5.46. The largest absolute Gasteiger partial charge is 0.489 e. The summed E-state index contributed by atoms with van der Waals surface area (Å²) >= 11 is 0. The molecule has 0 bridgehead atoms. The molecule has 0 N–H and O–H groups in total. The van der Waals surface area contributed by atoms with Crippen LogP contribution < -0.4 is 9.64 Å². The summed E-state index contributed by atoms with van der Waals surface area (Å²) in [6, 6.07) is 23.1. The van der Waals surface area contributed by atoms with Crippen molar-refractivity contribution in [3.05, 3.63) is 95.6 Å². The number of anilines is 1. The second kappa shape index (κ2) is 7.15. The molecule has 0 aliphatic carbocycles. The molecule has 2 heterocycles. The standard InChI is InChI=1S/C24H18N2O4/c27-22(14-25-23(28)17-10-4-5-11-18(17)24(25)29)26-19-12-6-7-13-21(19)30-15-20(26)16-8-2-1-3-9-16/h1-13,20H,14-15H2. The van der Waals surface area contributed by atoms with Crippen molar-refractivity contribution in [2.24, 2.45) is 0 Å². The van der Waals surface area contributed by atoms with Gasteiger partial charge in [-0.2, -0.15) is 0 Å². The summed E-state index contributed by atoms with van der Waals surface area (Å²) in [5.74, 6) is -0.627. The second-order valence-corrected chi connectivity index (χ2v) is 7.21. The lowest BCUT2D eigenvalue weighted by Gasteiger charge is -2.37. The molecule has 6 heteroatoms. The number of ether oxygens (including phenoxy) is 1. The van der Waals surface area contributed by atoms with Crippen molar-refractivity contribution in [1.82, 2.24) is 4.90 Å². The molecule has 2 aliphatic heterocycles. The summed E-state index contributed by atoms with van der Waals surface area (Å²) in [6.07, 6.45) is 0. The van der Waals surface area contributed by atoms with Crippen LogP contribution in [0.1, 0.15) is 32.3 Å². The molecule has 2 aliphatic rings. The molecule has 0 fully saturated rings. The van der Waals surface area contributed by atoms with Crippen molar-refractivity contribution in [2.75, 3.05) is 18.1 Å². The van der Waals surface area contributed by atoms with E-state index in [4.69, 9.17) is 4.74 Å². The number of carbonyl (C=O) groups is 3. The average molecular weight is 398 g/mol. The molecule has 3 aromatic rings. The Balaban J connectivity index is 1.50. The number of imide groups is 1. The van der Waals surface area contributed by atoms with Crippen molar-refractivity contribution in [2.45, 2.75) is 6.04 Å². The highest BCUT2D eigenvalue weighted by molar-refractivity contribution is 6.22. The first-order valence-corrected chi connectivity index (χ1v) is 9.69. The molecule has 0 radical (unpaired) electrons. The summed E-state index contributed by atoms with van der Waals surface area (Å²) in [5.41, 5.74) is 2.21. The molecular formula is C24H18N2O4. The van der Waals surface area contributed by atoms with E-state index in [1.165, 1.54) is 0 Å². The topological polar surface area (TPSA) is 66.9 Å². The minimum atomic E-state index is -0.443. The van der Waals surface area contributed by atoms with Gasteiger partial charge in [-0.15, -0.1) is 0 Å². The van der Waals surface area contributed by atoms with Crippen molar-refractivity contribution < 1.29 is 19.1 Å². The molecule has 5 rings (SSSR count). The van der Waals surface area contributed by atoms with Crippen molar-refractivity contribution in [1.29, 1.82) is 0 Å². The molecule has 3 amide bonds. The molecule has 0 saturated carbocycles. The number of rotatable bonds is 3. The average Bonchev–Trinajstić information content (AvgIpc) is 3.04. The maximum atomic E-state index is 13.5. The zero-order chi connectivity index (χ0) is 20.7. The Morgan fingerprint density at radius 3 is 2.13 bits per heavy atom. The van der Waals surface area contributed by atoms with Crippen molar-refractivity contribution in [3.8, 4) is 5.75 Å². The van der Waals surface area contributed by atoms with Gasteiger partial charge >= 0.3 is 0 Å². The molecule has 0 aromatic heterocycles. The van der Waals surface area contributed by atoms with Gasteiger partial charge in [-0.05, 0) is 29.8 Å². The second-order valence-electron chi connectivity index (χ2n) is 7.21. The number of amides is 3. The van der Waals surface area contributed by atoms with Gasteiger partial charge < -0.3 is 4.74 Å². The first kappa shape index (κ1) is 18.1. The normalized spacial score (nSPS) is 17.4. The van der Waals surface area contributed by atoms with Gasteiger partial charge in [0.15, 0.2) is 0 Å². The Morgan fingerprint density at radius 2 is 1.43 bits per heavy atom. The highest BCUT2D eigenvalue weighted by Crippen LogP contribution is 2.39. The maximum absolute atomic E-state index is 13.5. The Kier molecular flexibility index (Phi) is 4.32. The van der Waals surface area contributed by atoms with Gasteiger partial charge in [-0.3, -0.25) is 24.2 Å². The Hall–Kier alpha value is -3.93. The number of fused-ring (bicyclic) bond motifs is 2. The number of benzene rings is 3. The summed E-state index contributed by atoms with van der Waals surface area (Å²) in [7, 11) is 0. The predicted molar refractivity (Wildman–Crippen MR) is 110 cm³/mol. The van der Waals surface area contributed by atoms with E-state index >= 15 is 0 Å². The van der Waals surface area contributed by atoms with E-state index in [1.54, 1.807) is 35.2 Å². The van der Waals surface area contributed by atoms with Crippen LogP contribution in [0.15, 0.2) is 78.9 Å². The summed E-state index contributed by atoms with van der Waals surface area (Å²) in [5, 5.41) is 0. The van der Waals surface area contributed by atoms with Crippen LogP contribution in [-0.2, 0) is 4.79 Å². The number of nitrogens with zero attached hydrogens (tertiary/aromatic N) is 2. The molecule has 30 heavy (non-hydrogen) atoms. The Morgan fingerprint density at radius 1 is 0.833 bits per heavy atom. The van der Waals surface area contributed by atoms with E-state index in [1.807, 2.05) is 48.5 Å². The monoisotopic (exact) mass is 398 g/mol. The van der Waals surface area contributed by atoms with Crippen LogP contribution in [0.2, 0.25) is 0 Å².